The Kier molecular flexibility index (Phi) is 6.98. The summed E-state index contributed by atoms with van der Waals surface area (Å²) in [6, 6.07) is 6.59. The van der Waals surface area contributed by atoms with Crippen LogP contribution in [0.3, 0.4) is 0 Å². The Morgan fingerprint density at radius 2 is 1.76 bits per heavy atom. The summed E-state index contributed by atoms with van der Waals surface area (Å²) < 4.78 is 10.2. The maximum atomic E-state index is 12.3. The van der Waals surface area contributed by atoms with E-state index in [4.69, 9.17) is 9.47 Å². The number of hydrogen-bond donors (Lipinski definition) is 1. The summed E-state index contributed by atoms with van der Waals surface area (Å²) in [4.78, 5) is 36.1. The average molecular weight is 347 g/mol. The first-order valence-electron chi connectivity index (χ1n) is 8.66. The van der Waals surface area contributed by atoms with E-state index < -0.39 is 12.1 Å². The number of Topliss-reactive ketones (excluding diaryl/α,β-unsaturated/α-hetero) is 1. The van der Waals surface area contributed by atoms with E-state index in [1.54, 1.807) is 31.4 Å². The predicted molar refractivity (Wildman–Crippen MR) is 92.5 cm³/mol. The molecule has 0 aliphatic heterocycles. The minimum atomic E-state index is -0.910. The highest BCUT2D eigenvalue weighted by Crippen LogP contribution is 2.23. The first-order valence-corrected chi connectivity index (χ1v) is 8.66. The number of benzene rings is 1. The molecule has 2 rings (SSSR count). The van der Waals surface area contributed by atoms with Crippen LogP contribution in [0.5, 0.6) is 5.75 Å². The Balaban J connectivity index is 1.78. The molecule has 1 aromatic rings. The lowest BCUT2D eigenvalue weighted by molar-refractivity contribution is -0.146. The van der Waals surface area contributed by atoms with Gasteiger partial charge in [0.05, 0.1) is 7.11 Å². The number of ketones is 1. The van der Waals surface area contributed by atoms with Crippen molar-refractivity contribution in [2.75, 3.05) is 13.7 Å². The fourth-order valence-corrected chi connectivity index (χ4v) is 2.95. The van der Waals surface area contributed by atoms with Gasteiger partial charge in [-0.1, -0.05) is 19.3 Å². The molecule has 1 amide bonds. The topological polar surface area (TPSA) is 81.7 Å². The Morgan fingerprint density at radius 3 is 2.36 bits per heavy atom. The van der Waals surface area contributed by atoms with Gasteiger partial charge in [0.15, 0.2) is 6.10 Å². The molecule has 6 heteroatoms. The molecule has 0 heterocycles. The number of esters is 1. The van der Waals surface area contributed by atoms with Gasteiger partial charge in [-0.2, -0.15) is 0 Å². The summed E-state index contributed by atoms with van der Waals surface area (Å²) in [6.45, 7) is 1.31. The van der Waals surface area contributed by atoms with Crippen molar-refractivity contribution < 1.29 is 23.9 Å². The number of carbonyl (C=O) groups excluding carboxylic acids is 3. The second-order valence-corrected chi connectivity index (χ2v) is 6.28. The van der Waals surface area contributed by atoms with Crippen molar-refractivity contribution in [2.24, 2.45) is 5.92 Å². The van der Waals surface area contributed by atoms with E-state index in [0.717, 1.165) is 32.1 Å². The molecule has 0 bridgehead atoms. The Hall–Kier alpha value is -2.37. The molecule has 136 valence electrons. The Labute approximate surface area is 147 Å². The Morgan fingerprint density at radius 1 is 1.12 bits per heavy atom. The summed E-state index contributed by atoms with van der Waals surface area (Å²) in [5, 5.41) is 2.61. The molecular formula is C19H25NO5. The molecule has 1 aliphatic rings. The van der Waals surface area contributed by atoms with Gasteiger partial charge in [-0.05, 0) is 44.0 Å². The van der Waals surface area contributed by atoms with Crippen LogP contribution in [0.2, 0.25) is 0 Å². The number of amides is 1. The van der Waals surface area contributed by atoms with Crippen molar-refractivity contribution in [2.45, 2.75) is 45.1 Å². The van der Waals surface area contributed by atoms with Crippen LogP contribution in [0, 0.1) is 5.92 Å². The zero-order valence-electron chi connectivity index (χ0n) is 14.7. The van der Waals surface area contributed by atoms with Gasteiger partial charge in [0.1, 0.15) is 12.3 Å². The molecular weight excluding hydrogens is 322 g/mol. The van der Waals surface area contributed by atoms with E-state index >= 15 is 0 Å². The maximum absolute atomic E-state index is 12.3. The quantitative estimate of drug-likeness (QED) is 0.605. The van der Waals surface area contributed by atoms with Crippen LogP contribution in [0.15, 0.2) is 24.3 Å². The molecule has 1 fully saturated rings. The molecule has 6 nitrogen and oxygen atoms in total. The highest BCUT2D eigenvalue weighted by atomic mass is 16.5. The van der Waals surface area contributed by atoms with Gasteiger partial charge in [0, 0.05) is 11.5 Å². The molecule has 0 aromatic heterocycles. The summed E-state index contributed by atoms with van der Waals surface area (Å²) in [7, 11) is 1.54. The minimum absolute atomic E-state index is 0.0140. The fourth-order valence-electron chi connectivity index (χ4n) is 2.95. The first kappa shape index (κ1) is 19.0. The van der Waals surface area contributed by atoms with E-state index in [1.165, 1.54) is 6.92 Å². The third-order valence-corrected chi connectivity index (χ3v) is 4.43. The normalized spacial score (nSPS) is 15.9. The van der Waals surface area contributed by atoms with Gasteiger partial charge in [-0.25, -0.2) is 0 Å². The van der Waals surface area contributed by atoms with Crippen molar-refractivity contribution in [1.82, 2.24) is 5.32 Å². The zero-order valence-corrected chi connectivity index (χ0v) is 14.7. The summed E-state index contributed by atoms with van der Waals surface area (Å²) in [5.74, 6) is -0.384. The van der Waals surface area contributed by atoms with Crippen LogP contribution in [0.25, 0.3) is 0 Å². The van der Waals surface area contributed by atoms with E-state index in [-0.39, 0.29) is 24.2 Å². The molecule has 1 atom stereocenters. The number of ether oxygens (including phenoxy) is 2. The largest absolute Gasteiger partial charge is 0.497 e. The zero-order chi connectivity index (χ0) is 18.2. The van der Waals surface area contributed by atoms with Gasteiger partial charge in [-0.3, -0.25) is 14.4 Å². The third-order valence-electron chi connectivity index (χ3n) is 4.43. The molecule has 1 aliphatic carbocycles. The SMILES string of the molecule is COc1ccc(C(=O)[C@@H](C)OC(=O)CNC(=O)C2CCCCC2)cc1. The van der Waals surface area contributed by atoms with Gasteiger partial charge in [0.25, 0.3) is 0 Å². The van der Waals surface area contributed by atoms with Gasteiger partial charge >= 0.3 is 5.97 Å². The lowest BCUT2D eigenvalue weighted by Crippen LogP contribution is -2.37. The number of carbonyl (C=O) groups is 3. The van der Waals surface area contributed by atoms with E-state index in [0.29, 0.717) is 11.3 Å². The van der Waals surface area contributed by atoms with Crippen molar-refractivity contribution in [1.29, 1.82) is 0 Å². The van der Waals surface area contributed by atoms with Crippen molar-refractivity contribution in [3.05, 3.63) is 29.8 Å². The van der Waals surface area contributed by atoms with Crippen molar-refractivity contribution >= 4 is 17.7 Å². The fraction of sp³-hybridized carbons (Fsp3) is 0.526. The lowest BCUT2D eigenvalue weighted by Gasteiger charge is -2.20. The molecule has 1 N–H and O–H groups in total. The number of hydrogen-bond acceptors (Lipinski definition) is 5. The van der Waals surface area contributed by atoms with E-state index in [1.807, 2.05) is 0 Å². The first-order chi connectivity index (χ1) is 12.0. The minimum Gasteiger partial charge on any atom is -0.497 e. The van der Waals surface area contributed by atoms with Crippen LogP contribution >= 0.6 is 0 Å². The molecule has 25 heavy (non-hydrogen) atoms. The van der Waals surface area contributed by atoms with Crippen LogP contribution in [-0.2, 0) is 14.3 Å². The smallest absolute Gasteiger partial charge is 0.326 e. The second kappa shape index (κ2) is 9.20. The molecule has 0 unspecified atom stereocenters. The number of rotatable bonds is 7. The maximum Gasteiger partial charge on any atom is 0.326 e. The van der Waals surface area contributed by atoms with Crippen LogP contribution in [0.4, 0.5) is 0 Å². The Bertz CT molecular complexity index is 605. The van der Waals surface area contributed by atoms with Gasteiger partial charge < -0.3 is 14.8 Å². The monoisotopic (exact) mass is 347 g/mol. The number of nitrogens with one attached hydrogen (secondary N) is 1. The van der Waals surface area contributed by atoms with Crippen molar-refractivity contribution in [3.63, 3.8) is 0 Å². The molecule has 0 spiro atoms. The third kappa shape index (κ3) is 5.59. The summed E-state index contributed by atoms with van der Waals surface area (Å²) in [6.07, 6.45) is 4.09. The van der Waals surface area contributed by atoms with Crippen molar-refractivity contribution in [3.8, 4) is 5.75 Å². The number of methoxy groups -OCH3 is 1. The standard InChI is InChI=1S/C19H25NO5/c1-13(18(22)14-8-10-16(24-2)11-9-14)25-17(21)12-20-19(23)15-6-4-3-5-7-15/h8-11,13,15H,3-7,12H2,1-2H3,(H,20,23)/t13-/m1/s1. The van der Waals surface area contributed by atoms with E-state index in [2.05, 4.69) is 5.32 Å². The van der Waals surface area contributed by atoms with Crippen LogP contribution in [0.1, 0.15) is 49.4 Å². The lowest BCUT2D eigenvalue weighted by atomic mass is 9.89. The van der Waals surface area contributed by atoms with Crippen LogP contribution < -0.4 is 10.1 Å². The molecule has 1 aromatic carbocycles. The summed E-state index contributed by atoms with van der Waals surface area (Å²) >= 11 is 0. The summed E-state index contributed by atoms with van der Waals surface area (Å²) in [5.41, 5.74) is 0.437. The average Bonchev–Trinajstić information content (AvgIpc) is 2.66. The molecule has 1 saturated carbocycles. The highest BCUT2D eigenvalue weighted by molar-refractivity contribution is 6.00. The molecule has 0 radical (unpaired) electrons. The predicted octanol–water partition coefficient (Wildman–Crippen LogP) is 2.51. The van der Waals surface area contributed by atoms with Gasteiger partial charge in [-0.15, -0.1) is 0 Å². The second-order valence-electron chi connectivity index (χ2n) is 6.28. The molecule has 0 saturated heterocycles. The highest BCUT2D eigenvalue weighted by Gasteiger charge is 2.23. The van der Waals surface area contributed by atoms with Gasteiger partial charge in [0.2, 0.25) is 11.7 Å². The van der Waals surface area contributed by atoms with Crippen LogP contribution in [-0.4, -0.2) is 37.4 Å². The van der Waals surface area contributed by atoms with E-state index in [9.17, 15) is 14.4 Å².